The van der Waals surface area contributed by atoms with Crippen molar-refractivity contribution in [1.82, 2.24) is 0 Å². The molecule has 3 heteroatoms. The molecule has 0 aliphatic rings. The number of allylic oxidation sites excluding steroid dienone is 1. The van der Waals surface area contributed by atoms with E-state index in [2.05, 4.69) is 6.92 Å². The van der Waals surface area contributed by atoms with E-state index in [1.54, 1.807) is 12.1 Å². The van der Waals surface area contributed by atoms with E-state index in [-0.39, 0.29) is 5.57 Å². The molecular weight excluding hydrogens is 188 g/mol. The number of hydrogen-bond acceptors (Lipinski definition) is 3. The molecule has 0 bridgehead atoms. The molecule has 0 saturated carbocycles. The van der Waals surface area contributed by atoms with Crippen molar-refractivity contribution in [1.29, 1.82) is 10.5 Å². The average molecular weight is 206 g/mol. The fourth-order valence-corrected chi connectivity index (χ4v) is 1.19. The first-order valence-electron chi connectivity index (χ1n) is 5.47. The molecule has 3 nitrogen and oxygen atoms in total. The first kappa shape index (κ1) is 13.5. The first-order valence-corrected chi connectivity index (χ1v) is 5.47. The monoisotopic (exact) mass is 206 g/mol. The van der Waals surface area contributed by atoms with Gasteiger partial charge in [0.15, 0.2) is 5.57 Å². The number of ether oxygens (including phenoxy) is 1. The molecule has 0 atom stereocenters. The lowest BCUT2D eigenvalue weighted by Crippen LogP contribution is -1.89. The van der Waals surface area contributed by atoms with Crippen molar-refractivity contribution in [3.63, 3.8) is 0 Å². The number of nitrogens with zero attached hydrogens (tertiary/aromatic N) is 2. The Bertz CT molecular complexity index is 242. The quantitative estimate of drug-likeness (QED) is 0.348. The van der Waals surface area contributed by atoms with E-state index in [1.165, 1.54) is 31.9 Å². The van der Waals surface area contributed by atoms with E-state index in [0.29, 0.717) is 6.61 Å². The van der Waals surface area contributed by atoms with E-state index in [1.807, 2.05) is 0 Å². The van der Waals surface area contributed by atoms with E-state index in [9.17, 15) is 0 Å². The molecule has 0 radical (unpaired) electrons. The zero-order valence-corrected chi connectivity index (χ0v) is 9.33. The van der Waals surface area contributed by atoms with Crippen molar-refractivity contribution >= 4 is 0 Å². The number of rotatable bonds is 8. The molecule has 15 heavy (non-hydrogen) atoms. The summed E-state index contributed by atoms with van der Waals surface area (Å²) in [6, 6.07) is 3.49. The van der Waals surface area contributed by atoms with Crippen LogP contribution in [0, 0.1) is 22.7 Å². The molecule has 0 rings (SSSR count). The molecular formula is C12H18N2O. The number of unbranched alkanes of at least 4 members (excludes halogenated alkanes) is 5. The summed E-state index contributed by atoms with van der Waals surface area (Å²) in [4.78, 5) is 0. The predicted molar refractivity (Wildman–Crippen MR) is 58.6 cm³/mol. The van der Waals surface area contributed by atoms with E-state index >= 15 is 0 Å². The Morgan fingerprint density at radius 1 is 1.07 bits per heavy atom. The molecule has 0 saturated heterocycles. The van der Waals surface area contributed by atoms with Gasteiger partial charge in [-0.2, -0.15) is 10.5 Å². The molecule has 82 valence electrons. The SMILES string of the molecule is CCCCCCCCOC=C(C#N)C#N. The molecule has 0 N–H and O–H groups in total. The van der Waals surface area contributed by atoms with Gasteiger partial charge in [0, 0.05) is 0 Å². The highest BCUT2D eigenvalue weighted by atomic mass is 16.5. The van der Waals surface area contributed by atoms with Crippen molar-refractivity contribution in [2.75, 3.05) is 6.61 Å². The maximum Gasteiger partial charge on any atom is 0.163 e. The lowest BCUT2D eigenvalue weighted by molar-refractivity contribution is 0.239. The highest BCUT2D eigenvalue weighted by Gasteiger charge is 1.92. The minimum atomic E-state index is 0.0287. The third-order valence-corrected chi connectivity index (χ3v) is 2.06. The largest absolute Gasteiger partial charge is 0.499 e. The summed E-state index contributed by atoms with van der Waals surface area (Å²) >= 11 is 0. The minimum absolute atomic E-state index is 0.0287. The minimum Gasteiger partial charge on any atom is -0.499 e. The van der Waals surface area contributed by atoms with E-state index < -0.39 is 0 Å². The third kappa shape index (κ3) is 8.84. The predicted octanol–water partition coefficient (Wildman–Crippen LogP) is 3.29. The highest BCUT2D eigenvalue weighted by molar-refractivity contribution is 5.33. The van der Waals surface area contributed by atoms with Gasteiger partial charge in [-0.3, -0.25) is 0 Å². The Kier molecular flexibility index (Phi) is 9.55. The van der Waals surface area contributed by atoms with Crippen LogP contribution in [0.5, 0.6) is 0 Å². The number of nitriles is 2. The van der Waals surface area contributed by atoms with Crippen LogP contribution in [-0.2, 0) is 4.74 Å². The fourth-order valence-electron chi connectivity index (χ4n) is 1.19. The molecule has 0 aromatic heterocycles. The van der Waals surface area contributed by atoms with Crippen LogP contribution in [-0.4, -0.2) is 6.61 Å². The zero-order chi connectivity index (χ0) is 11.4. The van der Waals surface area contributed by atoms with Crippen LogP contribution >= 0.6 is 0 Å². The molecule has 0 aromatic carbocycles. The molecule has 0 aliphatic heterocycles. The second kappa shape index (κ2) is 10.6. The van der Waals surface area contributed by atoms with Gasteiger partial charge in [-0.1, -0.05) is 39.0 Å². The van der Waals surface area contributed by atoms with Crippen molar-refractivity contribution in [3.8, 4) is 12.1 Å². The van der Waals surface area contributed by atoms with Crippen molar-refractivity contribution < 1.29 is 4.74 Å². The van der Waals surface area contributed by atoms with Crippen molar-refractivity contribution in [2.45, 2.75) is 45.4 Å². The van der Waals surface area contributed by atoms with Crippen LogP contribution in [0.3, 0.4) is 0 Å². The highest BCUT2D eigenvalue weighted by Crippen LogP contribution is 2.05. The van der Waals surface area contributed by atoms with E-state index in [0.717, 1.165) is 12.8 Å². The van der Waals surface area contributed by atoms with Gasteiger partial charge in [-0.05, 0) is 6.42 Å². The summed E-state index contributed by atoms with van der Waals surface area (Å²) in [6.07, 6.45) is 8.47. The lowest BCUT2D eigenvalue weighted by Gasteiger charge is -2.00. The summed E-state index contributed by atoms with van der Waals surface area (Å²) in [7, 11) is 0. The maximum absolute atomic E-state index is 8.41. The normalized spacial score (nSPS) is 8.73. The van der Waals surface area contributed by atoms with Gasteiger partial charge in [0.2, 0.25) is 0 Å². The molecule has 0 spiro atoms. The van der Waals surface area contributed by atoms with Gasteiger partial charge < -0.3 is 4.74 Å². The Morgan fingerprint density at radius 3 is 2.27 bits per heavy atom. The standard InChI is InChI=1S/C12H18N2O/c1-2-3-4-5-6-7-8-15-11-12(9-13)10-14/h11H,2-8H2,1H3. The van der Waals surface area contributed by atoms with Crippen LogP contribution in [0.4, 0.5) is 0 Å². The molecule has 0 unspecified atom stereocenters. The van der Waals surface area contributed by atoms with Gasteiger partial charge in [-0.15, -0.1) is 0 Å². The smallest absolute Gasteiger partial charge is 0.163 e. The van der Waals surface area contributed by atoms with Crippen LogP contribution in [0.25, 0.3) is 0 Å². The Morgan fingerprint density at radius 2 is 1.67 bits per heavy atom. The van der Waals surface area contributed by atoms with Crippen LogP contribution < -0.4 is 0 Å². The summed E-state index contributed by atoms with van der Waals surface area (Å²) in [5, 5.41) is 16.8. The molecule has 0 aromatic rings. The molecule has 0 fully saturated rings. The molecule has 0 amide bonds. The topological polar surface area (TPSA) is 56.8 Å². The van der Waals surface area contributed by atoms with Crippen LogP contribution in [0.2, 0.25) is 0 Å². The van der Waals surface area contributed by atoms with E-state index in [4.69, 9.17) is 15.3 Å². The maximum atomic E-state index is 8.41. The third-order valence-electron chi connectivity index (χ3n) is 2.06. The average Bonchev–Trinajstić information content (AvgIpc) is 2.27. The molecule has 0 aliphatic carbocycles. The molecule has 0 heterocycles. The van der Waals surface area contributed by atoms with Gasteiger partial charge in [0.05, 0.1) is 6.61 Å². The van der Waals surface area contributed by atoms with Crippen LogP contribution in [0.15, 0.2) is 11.8 Å². The fraction of sp³-hybridized carbons (Fsp3) is 0.667. The van der Waals surface area contributed by atoms with Crippen LogP contribution in [0.1, 0.15) is 45.4 Å². The second-order valence-electron chi connectivity index (χ2n) is 3.39. The summed E-state index contributed by atoms with van der Waals surface area (Å²) in [5.74, 6) is 0. The summed E-state index contributed by atoms with van der Waals surface area (Å²) < 4.78 is 5.08. The van der Waals surface area contributed by atoms with Crippen molar-refractivity contribution in [2.24, 2.45) is 0 Å². The first-order chi connectivity index (χ1) is 7.35. The van der Waals surface area contributed by atoms with Gasteiger partial charge in [-0.25, -0.2) is 0 Å². The summed E-state index contributed by atoms with van der Waals surface area (Å²) in [5.41, 5.74) is 0.0287. The number of hydrogen-bond donors (Lipinski definition) is 0. The van der Waals surface area contributed by atoms with Gasteiger partial charge >= 0.3 is 0 Å². The Balaban J connectivity index is 3.30. The second-order valence-corrected chi connectivity index (χ2v) is 3.39. The van der Waals surface area contributed by atoms with Gasteiger partial charge in [0.1, 0.15) is 18.4 Å². The Hall–Kier alpha value is -1.48. The lowest BCUT2D eigenvalue weighted by atomic mass is 10.1. The van der Waals surface area contributed by atoms with Gasteiger partial charge in [0.25, 0.3) is 0 Å². The van der Waals surface area contributed by atoms with Crippen molar-refractivity contribution in [3.05, 3.63) is 11.8 Å². The Labute approximate surface area is 92.0 Å². The zero-order valence-electron chi connectivity index (χ0n) is 9.33. The summed E-state index contributed by atoms with van der Waals surface area (Å²) in [6.45, 7) is 2.79.